The molecule has 2 rings (SSSR count). The Bertz CT molecular complexity index is 760. The molecule has 1 aliphatic heterocycles. The lowest BCUT2D eigenvalue weighted by Crippen LogP contribution is -2.55. The fraction of sp³-hybridized carbons (Fsp3) is 0.565. The van der Waals surface area contributed by atoms with E-state index in [1.807, 2.05) is 6.92 Å². The number of piperazine rings is 1. The summed E-state index contributed by atoms with van der Waals surface area (Å²) >= 11 is 0. The topological polar surface area (TPSA) is 80.3 Å². The van der Waals surface area contributed by atoms with Crippen LogP contribution in [-0.2, 0) is 9.59 Å². The van der Waals surface area contributed by atoms with Gasteiger partial charge in [0.25, 0.3) is 0 Å². The quantitative estimate of drug-likeness (QED) is 0.601. The van der Waals surface area contributed by atoms with Crippen molar-refractivity contribution in [2.45, 2.75) is 26.8 Å². The Labute approximate surface area is 185 Å². The second kappa shape index (κ2) is 11.6. The Kier molecular flexibility index (Phi) is 9.18. The van der Waals surface area contributed by atoms with Crippen molar-refractivity contribution in [1.29, 1.82) is 0 Å². The summed E-state index contributed by atoms with van der Waals surface area (Å²) in [5.74, 6) is 1.97. The number of nitrogens with zero attached hydrogens (tertiary/aromatic N) is 2. The average Bonchev–Trinajstić information content (AvgIpc) is 2.79. The van der Waals surface area contributed by atoms with E-state index in [-0.39, 0.29) is 17.9 Å². The average molecular weight is 434 g/mol. The molecule has 1 saturated heterocycles. The highest BCUT2D eigenvalue weighted by Crippen LogP contribution is 2.38. The maximum Gasteiger partial charge on any atom is 0.246 e. The van der Waals surface area contributed by atoms with Crippen LogP contribution in [0, 0.1) is 5.92 Å². The van der Waals surface area contributed by atoms with E-state index < -0.39 is 0 Å². The second-order valence-corrected chi connectivity index (χ2v) is 7.97. The minimum Gasteiger partial charge on any atom is -0.493 e. The fourth-order valence-corrected chi connectivity index (χ4v) is 3.42. The van der Waals surface area contributed by atoms with E-state index in [4.69, 9.17) is 14.2 Å². The monoisotopic (exact) mass is 433 g/mol. The maximum absolute atomic E-state index is 12.6. The van der Waals surface area contributed by atoms with Gasteiger partial charge in [0.05, 0.1) is 27.4 Å². The van der Waals surface area contributed by atoms with Gasteiger partial charge in [-0.1, -0.05) is 13.8 Å². The molecule has 1 unspecified atom stereocenters. The summed E-state index contributed by atoms with van der Waals surface area (Å²) in [6.45, 7) is 9.23. The molecule has 1 aliphatic rings. The molecule has 0 aromatic heterocycles. The maximum atomic E-state index is 12.6. The number of carbonyl (C=O) groups excluding carboxylic acids is 2. The Balaban J connectivity index is 1.95. The third-order valence-corrected chi connectivity index (χ3v) is 5.34. The first-order valence-corrected chi connectivity index (χ1v) is 10.6. The van der Waals surface area contributed by atoms with E-state index in [1.165, 1.54) is 0 Å². The van der Waals surface area contributed by atoms with E-state index in [0.717, 1.165) is 5.56 Å². The third kappa shape index (κ3) is 6.62. The van der Waals surface area contributed by atoms with Crippen LogP contribution >= 0.6 is 0 Å². The van der Waals surface area contributed by atoms with Crippen molar-refractivity contribution in [2.75, 3.05) is 54.1 Å². The molecule has 1 heterocycles. The first-order valence-electron chi connectivity index (χ1n) is 10.6. The molecule has 1 fully saturated rings. The Hall–Kier alpha value is -2.74. The number of hydrogen-bond donors (Lipinski definition) is 1. The van der Waals surface area contributed by atoms with Crippen LogP contribution in [0.4, 0.5) is 0 Å². The van der Waals surface area contributed by atoms with Crippen LogP contribution < -0.4 is 19.5 Å². The lowest BCUT2D eigenvalue weighted by Gasteiger charge is -2.37. The molecule has 0 aliphatic carbocycles. The van der Waals surface area contributed by atoms with Crippen molar-refractivity contribution in [3.8, 4) is 17.2 Å². The molecular formula is C23H35N3O5. The van der Waals surface area contributed by atoms with Crippen LogP contribution in [0.3, 0.4) is 0 Å². The van der Waals surface area contributed by atoms with Gasteiger partial charge in [0.15, 0.2) is 11.5 Å². The molecule has 1 aromatic carbocycles. The van der Waals surface area contributed by atoms with E-state index in [2.05, 4.69) is 24.1 Å². The van der Waals surface area contributed by atoms with E-state index in [0.29, 0.717) is 55.9 Å². The number of ether oxygens (including phenoxy) is 3. The Morgan fingerprint density at radius 2 is 1.58 bits per heavy atom. The molecule has 172 valence electrons. The van der Waals surface area contributed by atoms with Crippen molar-refractivity contribution in [1.82, 2.24) is 15.1 Å². The second-order valence-electron chi connectivity index (χ2n) is 7.97. The predicted molar refractivity (Wildman–Crippen MR) is 121 cm³/mol. The van der Waals surface area contributed by atoms with Gasteiger partial charge in [0, 0.05) is 38.8 Å². The van der Waals surface area contributed by atoms with Gasteiger partial charge < -0.3 is 24.4 Å². The standard InChI is InChI=1S/C23H35N3O5/c1-16(2)15-24-23(28)17(3)25-9-11-26(12-10-25)21(27)8-7-18-13-19(29-4)22(31-6)20(14-18)30-5/h7-8,13-14,16-17H,9-12,15H2,1-6H3,(H,24,28)/b8-7+. The number of methoxy groups -OCH3 is 3. The van der Waals surface area contributed by atoms with E-state index in [9.17, 15) is 9.59 Å². The van der Waals surface area contributed by atoms with Gasteiger partial charge in [-0.25, -0.2) is 0 Å². The molecule has 1 N–H and O–H groups in total. The molecule has 31 heavy (non-hydrogen) atoms. The zero-order chi connectivity index (χ0) is 23.0. The minimum absolute atomic E-state index is 0.0378. The van der Waals surface area contributed by atoms with Crippen LogP contribution in [0.25, 0.3) is 6.08 Å². The fourth-order valence-electron chi connectivity index (χ4n) is 3.42. The number of carbonyl (C=O) groups is 2. The molecule has 0 radical (unpaired) electrons. The van der Waals surface area contributed by atoms with E-state index in [1.54, 1.807) is 50.5 Å². The van der Waals surface area contributed by atoms with Gasteiger partial charge in [-0.3, -0.25) is 14.5 Å². The summed E-state index contributed by atoms with van der Waals surface area (Å²) in [6.07, 6.45) is 3.29. The molecular weight excluding hydrogens is 398 g/mol. The van der Waals surface area contributed by atoms with Gasteiger partial charge in [-0.15, -0.1) is 0 Å². The zero-order valence-electron chi connectivity index (χ0n) is 19.4. The first kappa shape index (κ1) is 24.5. The molecule has 0 saturated carbocycles. The summed E-state index contributed by atoms with van der Waals surface area (Å²) in [4.78, 5) is 28.9. The third-order valence-electron chi connectivity index (χ3n) is 5.34. The number of amides is 2. The molecule has 1 atom stereocenters. The number of benzene rings is 1. The van der Waals surface area contributed by atoms with Gasteiger partial charge in [0.2, 0.25) is 17.6 Å². The summed E-state index contributed by atoms with van der Waals surface area (Å²) in [5.41, 5.74) is 0.775. The van der Waals surface area contributed by atoms with Gasteiger partial charge in [0.1, 0.15) is 0 Å². The lowest BCUT2D eigenvalue weighted by molar-refractivity contribution is -0.130. The van der Waals surface area contributed by atoms with Crippen molar-refractivity contribution in [3.63, 3.8) is 0 Å². The largest absolute Gasteiger partial charge is 0.493 e. The van der Waals surface area contributed by atoms with Crippen LogP contribution in [0.1, 0.15) is 26.3 Å². The van der Waals surface area contributed by atoms with Crippen LogP contribution in [0.5, 0.6) is 17.2 Å². The summed E-state index contributed by atoms with van der Waals surface area (Å²) in [5, 5.41) is 2.98. The van der Waals surface area contributed by atoms with Gasteiger partial charge >= 0.3 is 0 Å². The zero-order valence-corrected chi connectivity index (χ0v) is 19.4. The Morgan fingerprint density at radius 3 is 2.06 bits per heavy atom. The highest BCUT2D eigenvalue weighted by molar-refractivity contribution is 5.92. The molecule has 0 spiro atoms. The highest BCUT2D eigenvalue weighted by Gasteiger charge is 2.26. The first-order chi connectivity index (χ1) is 14.8. The molecule has 2 amide bonds. The van der Waals surface area contributed by atoms with Crippen LogP contribution in [0.2, 0.25) is 0 Å². The number of nitrogens with one attached hydrogen (secondary N) is 1. The predicted octanol–water partition coefficient (Wildman–Crippen LogP) is 2.03. The van der Waals surface area contributed by atoms with Crippen LogP contribution in [-0.4, -0.2) is 81.7 Å². The van der Waals surface area contributed by atoms with Crippen molar-refractivity contribution < 1.29 is 23.8 Å². The minimum atomic E-state index is -0.203. The summed E-state index contributed by atoms with van der Waals surface area (Å²) in [6, 6.07) is 3.38. The van der Waals surface area contributed by atoms with Gasteiger partial charge in [-0.2, -0.15) is 0 Å². The molecule has 0 bridgehead atoms. The van der Waals surface area contributed by atoms with E-state index >= 15 is 0 Å². The summed E-state index contributed by atoms with van der Waals surface area (Å²) in [7, 11) is 4.66. The highest BCUT2D eigenvalue weighted by atomic mass is 16.5. The molecule has 8 nitrogen and oxygen atoms in total. The Morgan fingerprint density at radius 1 is 1.00 bits per heavy atom. The lowest BCUT2D eigenvalue weighted by atomic mass is 10.1. The molecule has 1 aromatic rings. The van der Waals surface area contributed by atoms with Crippen molar-refractivity contribution >= 4 is 17.9 Å². The van der Waals surface area contributed by atoms with Crippen molar-refractivity contribution in [2.24, 2.45) is 5.92 Å². The number of rotatable bonds is 9. The summed E-state index contributed by atoms with van der Waals surface area (Å²) < 4.78 is 16.0. The molecule has 8 heteroatoms. The van der Waals surface area contributed by atoms with Crippen LogP contribution in [0.15, 0.2) is 18.2 Å². The SMILES string of the molecule is COc1cc(/C=C/C(=O)N2CCN(C(C)C(=O)NCC(C)C)CC2)cc(OC)c1OC. The van der Waals surface area contributed by atoms with Crippen molar-refractivity contribution in [3.05, 3.63) is 23.8 Å². The van der Waals surface area contributed by atoms with Gasteiger partial charge in [-0.05, 0) is 36.6 Å². The smallest absolute Gasteiger partial charge is 0.246 e. The normalized spacial score (nSPS) is 15.8. The number of hydrogen-bond acceptors (Lipinski definition) is 6.